The molecule has 2 aromatic rings. The largest absolute Gasteiger partial charge is 0.346 e. The van der Waals surface area contributed by atoms with Gasteiger partial charge in [0.1, 0.15) is 6.54 Å². The highest BCUT2D eigenvalue weighted by Gasteiger charge is 2.36. The molecule has 1 aliphatic heterocycles. The second kappa shape index (κ2) is 5.72. The van der Waals surface area contributed by atoms with Gasteiger partial charge in [-0.2, -0.15) is 5.01 Å². The monoisotopic (exact) mass is 282 g/mol. The fraction of sp³-hybridized carbons (Fsp3) is 0.133. The average molecular weight is 282 g/mol. The Hall–Kier alpha value is -2.73. The van der Waals surface area contributed by atoms with Crippen LogP contribution in [0.4, 0.5) is 10.5 Å². The van der Waals surface area contributed by atoms with Crippen molar-refractivity contribution in [1.29, 1.82) is 0 Å². The van der Waals surface area contributed by atoms with Crippen LogP contribution in [-0.2, 0) is 11.3 Å². The van der Waals surface area contributed by atoms with Crippen LogP contribution in [0, 0.1) is 0 Å². The number of urea groups is 1. The van der Waals surface area contributed by atoms with Gasteiger partial charge in [-0.15, -0.1) is 0 Å². The van der Waals surface area contributed by atoms with Crippen molar-refractivity contribution in [3.63, 3.8) is 0 Å². The van der Waals surface area contributed by atoms with Crippen LogP contribution < -0.4 is 10.3 Å². The zero-order chi connectivity index (χ0) is 14.7. The Kier molecular flexibility index (Phi) is 3.61. The van der Waals surface area contributed by atoms with Crippen molar-refractivity contribution >= 4 is 17.6 Å². The molecule has 1 N–H and O–H groups in total. The van der Waals surface area contributed by atoms with Crippen molar-refractivity contribution < 1.29 is 9.59 Å². The molecule has 0 saturated carbocycles. The van der Waals surface area contributed by atoms with E-state index in [1.165, 1.54) is 4.90 Å². The Morgan fingerprint density at radius 1 is 1.10 bits per heavy atom. The summed E-state index contributed by atoms with van der Waals surface area (Å²) in [6, 6.07) is 12.4. The van der Waals surface area contributed by atoms with Crippen LogP contribution in [0.5, 0.6) is 0 Å². The van der Waals surface area contributed by atoms with Crippen LogP contribution in [0.3, 0.4) is 0 Å². The molecule has 0 atom stereocenters. The number of pyridine rings is 1. The summed E-state index contributed by atoms with van der Waals surface area (Å²) in [5.74, 6) is -0.271. The van der Waals surface area contributed by atoms with Gasteiger partial charge in [-0.1, -0.05) is 24.3 Å². The summed E-state index contributed by atoms with van der Waals surface area (Å²) in [5, 5.41) is 1.06. The lowest BCUT2D eigenvalue weighted by Crippen LogP contribution is -2.43. The number of hydrazine groups is 1. The first-order valence-electron chi connectivity index (χ1n) is 6.57. The second-order valence-electron chi connectivity index (χ2n) is 4.63. The minimum absolute atomic E-state index is 0.0445. The maximum Gasteiger partial charge on any atom is 0.346 e. The van der Waals surface area contributed by atoms with E-state index in [9.17, 15) is 9.59 Å². The molecular formula is C15H14N4O2. The van der Waals surface area contributed by atoms with Crippen LogP contribution in [0.2, 0.25) is 0 Å². The van der Waals surface area contributed by atoms with Crippen molar-refractivity contribution in [3.05, 3.63) is 60.4 Å². The number of para-hydroxylation sites is 1. The van der Waals surface area contributed by atoms with Crippen molar-refractivity contribution in [1.82, 2.24) is 15.4 Å². The number of hydrogen-bond donors (Lipinski definition) is 1. The van der Waals surface area contributed by atoms with Gasteiger partial charge in [0.2, 0.25) is 0 Å². The predicted molar refractivity (Wildman–Crippen MR) is 77.1 cm³/mol. The lowest BCUT2D eigenvalue weighted by molar-refractivity contribution is -0.127. The first-order valence-corrected chi connectivity index (χ1v) is 6.57. The Morgan fingerprint density at radius 2 is 1.90 bits per heavy atom. The van der Waals surface area contributed by atoms with Crippen LogP contribution in [0.1, 0.15) is 5.56 Å². The number of anilines is 1. The molecule has 0 radical (unpaired) electrons. The maximum absolute atomic E-state index is 12.3. The normalized spacial score (nSPS) is 14.9. The van der Waals surface area contributed by atoms with E-state index < -0.39 is 0 Å². The van der Waals surface area contributed by atoms with Gasteiger partial charge >= 0.3 is 6.03 Å². The van der Waals surface area contributed by atoms with Crippen molar-refractivity contribution in [2.45, 2.75) is 6.54 Å². The number of hydrogen-bond acceptors (Lipinski definition) is 4. The van der Waals surface area contributed by atoms with Crippen LogP contribution >= 0.6 is 0 Å². The van der Waals surface area contributed by atoms with E-state index in [1.54, 1.807) is 30.6 Å². The molecule has 6 heteroatoms. The predicted octanol–water partition coefficient (Wildman–Crippen LogP) is 1.55. The third kappa shape index (κ3) is 2.75. The van der Waals surface area contributed by atoms with Gasteiger partial charge in [-0.05, 0) is 23.8 Å². The Morgan fingerprint density at radius 3 is 2.62 bits per heavy atom. The number of amides is 3. The minimum Gasteiger partial charge on any atom is -0.283 e. The lowest BCUT2D eigenvalue weighted by atomic mass is 10.3. The van der Waals surface area contributed by atoms with Gasteiger partial charge < -0.3 is 0 Å². The van der Waals surface area contributed by atoms with Gasteiger partial charge in [0, 0.05) is 24.6 Å². The standard InChI is InChI=1S/C15H14N4O2/c20-14-11-18(13-6-2-1-3-7-13)15(21)19(14)17-10-12-5-4-8-16-9-12/h1-9,17H,10-11H2. The topological polar surface area (TPSA) is 65.5 Å². The summed E-state index contributed by atoms with van der Waals surface area (Å²) in [6.07, 6.45) is 3.36. The van der Waals surface area contributed by atoms with Gasteiger partial charge in [0.15, 0.2) is 0 Å². The van der Waals surface area contributed by atoms with Crippen molar-refractivity contribution in [3.8, 4) is 0 Å². The van der Waals surface area contributed by atoms with E-state index in [0.29, 0.717) is 12.2 Å². The van der Waals surface area contributed by atoms with Gasteiger partial charge in [0.05, 0.1) is 0 Å². The molecule has 0 unspecified atom stereocenters. The van der Waals surface area contributed by atoms with E-state index >= 15 is 0 Å². The zero-order valence-corrected chi connectivity index (χ0v) is 11.3. The first-order chi connectivity index (χ1) is 10.3. The zero-order valence-electron chi connectivity index (χ0n) is 11.3. The lowest BCUT2D eigenvalue weighted by Gasteiger charge is -2.17. The number of nitrogens with one attached hydrogen (secondary N) is 1. The summed E-state index contributed by atoms with van der Waals surface area (Å²) in [6.45, 7) is 0.414. The quantitative estimate of drug-likeness (QED) is 0.864. The minimum atomic E-state index is -0.366. The summed E-state index contributed by atoms with van der Waals surface area (Å²) in [4.78, 5) is 29.7. The highest BCUT2D eigenvalue weighted by molar-refractivity contribution is 6.11. The van der Waals surface area contributed by atoms with E-state index in [0.717, 1.165) is 10.6 Å². The number of aromatic nitrogens is 1. The van der Waals surface area contributed by atoms with E-state index in [1.807, 2.05) is 24.3 Å². The third-order valence-corrected chi connectivity index (χ3v) is 3.20. The molecule has 3 rings (SSSR count). The highest BCUT2D eigenvalue weighted by Crippen LogP contribution is 2.19. The summed E-state index contributed by atoms with van der Waals surface area (Å²) < 4.78 is 0. The van der Waals surface area contributed by atoms with Crippen LogP contribution in [0.15, 0.2) is 54.9 Å². The molecule has 2 heterocycles. The molecule has 0 spiro atoms. The molecule has 0 aliphatic carbocycles. The molecule has 1 saturated heterocycles. The van der Waals surface area contributed by atoms with Gasteiger partial charge in [-0.3, -0.25) is 14.7 Å². The van der Waals surface area contributed by atoms with Crippen LogP contribution in [-0.4, -0.2) is 28.5 Å². The fourth-order valence-corrected chi connectivity index (χ4v) is 2.14. The number of imide groups is 1. The van der Waals surface area contributed by atoms with E-state index in [4.69, 9.17) is 0 Å². The Balaban J connectivity index is 1.70. The van der Waals surface area contributed by atoms with Crippen LogP contribution in [0.25, 0.3) is 0 Å². The fourth-order valence-electron chi connectivity index (χ4n) is 2.14. The van der Waals surface area contributed by atoms with E-state index in [-0.39, 0.29) is 18.5 Å². The van der Waals surface area contributed by atoms with Crippen molar-refractivity contribution in [2.24, 2.45) is 0 Å². The molecule has 106 valence electrons. The Labute approximate surface area is 122 Å². The highest BCUT2D eigenvalue weighted by atomic mass is 16.2. The molecular weight excluding hydrogens is 268 g/mol. The first kappa shape index (κ1) is 13.3. The van der Waals surface area contributed by atoms with Crippen molar-refractivity contribution in [2.75, 3.05) is 11.4 Å². The molecule has 1 aliphatic rings. The van der Waals surface area contributed by atoms with Gasteiger partial charge in [0.25, 0.3) is 5.91 Å². The summed E-state index contributed by atoms with van der Waals surface area (Å²) >= 11 is 0. The molecule has 0 bridgehead atoms. The maximum atomic E-state index is 12.3. The SMILES string of the molecule is O=C1CN(c2ccccc2)C(=O)N1NCc1cccnc1. The number of rotatable bonds is 4. The number of carbonyl (C=O) groups is 2. The molecule has 21 heavy (non-hydrogen) atoms. The molecule has 6 nitrogen and oxygen atoms in total. The number of carbonyl (C=O) groups excluding carboxylic acids is 2. The smallest absolute Gasteiger partial charge is 0.283 e. The number of benzene rings is 1. The molecule has 3 amide bonds. The summed E-state index contributed by atoms with van der Waals surface area (Å²) in [7, 11) is 0. The van der Waals surface area contributed by atoms with E-state index in [2.05, 4.69) is 10.4 Å². The summed E-state index contributed by atoms with van der Waals surface area (Å²) in [5.41, 5.74) is 4.46. The third-order valence-electron chi connectivity index (χ3n) is 3.20. The second-order valence-corrected chi connectivity index (χ2v) is 4.63. The molecule has 1 aromatic carbocycles. The molecule has 1 aromatic heterocycles. The Bertz CT molecular complexity index is 645. The average Bonchev–Trinajstić information content (AvgIpc) is 2.82. The number of nitrogens with zero attached hydrogens (tertiary/aromatic N) is 3. The van der Waals surface area contributed by atoms with Gasteiger partial charge in [-0.25, -0.2) is 10.2 Å². The molecule has 1 fully saturated rings.